The van der Waals surface area contributed by atoms with Gasteiger partial charge in [0, 0.05) is 6.54 Å². The molecule has 0 aliphatic carbocycles. The molecule has 0 aromatic heterocycles. The van der Waals surface area contributed by atoms with Gasteiger partial charge in [-0.2, -0.15) is 0 Å². The van der Waals surface area contributed by atoms with Gasteiger partial charge in [-0.1, -0.05) is 31.2 Å². The summed E-state index contributed by atoms with van der Waals surface area (Å²) in [6, 6.07) is 10.3. The van der Waals surface area contributed by atoms with Crippen LogP contribution in [0.25, 0.3) is 0 Å². The van der Waals surface area contributed by atoms with Gasteiger partial charge in [0.1, 0.15) is 5.82 Å². The Bertz CT molecular complexity index is 654. The standard InChI is InChI=1S/C16H17FN2O2/c1-2-10-3-5-11(6-4-10)9-19-15-8-13(17)12(16(20)21)7-14(15)18/h3-8,19H,2,9,18H2,1H3,(H,20,21). The van der Waals surface area contributed by atoms with Gasteiger partial charge in [0.15, 0.2) is 0 Å². The molecule has 5 heteroatoms. The highest BCUT2D eigenvalue weighted by Gasteiger charge is 2.13. The quantitative estimate of drug-likeness (QED) is 0.738. The maximum atomic E-state index is 13.6. The molecule has 2 aromatic rings. The normalized spacial score (nSPS) is 10.4. The Morgan fingerprint density at radius 3 is 2.43 bits per heavy atom. The molecule has 0 bridgehead atoms. The number of carboxylic acids is 1. The molecular weight excluding hydrogens is 271 g/mol. The van der Waals surface area contributed by atoms with Crippen molar-refractivity contribution in [2.75, 3.05) is 11.1 Å². The van der Waals surface area contributed by atoms with E-state index < -0.39 is 17.3 Å². The molecule has 0 fully saturated rings. The average molecular weight is 288 g/mol. The van der Waals surface area contributed by atoms with Crippen LogP contribution >= 0.6 is 0 Å². The molecule has 4 N–H and O–H groups in total. The predicted molar refractivity (Wildman–Crippen MR) is 80.9 cm³/mol. The second-order valence-corrected chi connectivity index (χ2v) is 4.75. The van der Waals surface area contributed by atoms with Crippen molar-refractivity contribution < 1.29 is 14.3 Å². The van der Waals surface area contributed by atoms with Gasteiger partial charge in [-0.15, -0.1) is 0 Å². The minimum absolute atomic E-state index is 0.207. The first-order valence-electron chi connectivity index (χ1n) is 6.65. The largest absolute Gasteiger partial charge is 0.478 e. The third-order valence-corrected chi connectivity index (χ3v) is 3.28. The van der Waals surface area contributed by atoms with Gasteiger partial charge in [0.05, 0.1) is 16.9 Å². The SMILES string of the molecule is CCc1ccc(CNc2cc(F)c(C(=O)O)cc2N)cc1. The van der Waals surface area contributed by atoms with Gasteiger partial charge in [-0.25, -0.2) is 9.18 Å². The Balaban J connectivity index is 2.12. The molecule has 0 aliphatic heterocycles. The molecular formula is C16H17FN2O2. The summed E-state index contributed by atoms with van der Waals surface area (Å²) in [5.74, 6) is -2.14. The van der Waals surface area contributed by atoms with Crippen molar-refractivity contribution in [2.24, 2.45) is 0 Å². The van der Waals surface area contributed by atoms with E-state index in [0.29, 0.717) is 12.2 Å². The summed E-state index contributed by atoms with van der Waals surface area (Å²) in [7, 11) is 0. The smallest absolute Gasteiger partial charge is 0.338 e. The zero-order valence-corrected chi connectivity index (χ0v) is 11.7. The van der Waals surface area contributed by atoms with E-state index in [1.54, 1.807) is 0 Å². The number of aromatic carboxylic acids is 1. The zero-order chi connectivity index (χ0) is 15.4. The fourth-order valence-corrected chi connectivity index (χ4v) is 2.00. The first-order valence-corrected chi connectivity index (χ1v) is 6.65. The van der Waals surface area contributed by atoms with E-state index in [2.05, 4.69) is 12.2 Å². The summed E-state index contributed by atoms with van der Waals surface area (Å²) >= 11 is 0. The van der Waals surface area contributed by atoms with Crippen molar-refractivity contribution in [1.82, 2.24) is 0 Å². The number of anilines is 2. The number of rotatable bonds is 5. The molecule has 0 unspecified atom stereocenters. The Morgan fingerprint density at radius 2 is 1.86 bits per heavy atom. The molecule has 0 radical (unpaired) electrons. The second kappa shape index (κ2) is 6.26. The highest BCUT2D eigenvalue weighted by molar-refractivity contribution is 5.90. The third kappa shape index (κ3) is 3.51. The summed E-state index contributed by atoms with van der Waals surface area (Å²) < 4.78 is 13.6. The fraction of sp³-hybridized carbons (Fsp3) is 0.188. The molecule has 0 saturated carbocycles. The first-order chi connectivity index (χ1) is 10.0. The molecule has 2 aromatic carbocycles. The predicted octanol–water partition coefficient (Wildman–Crippen LogP) is 3.28. The van der Waals surface area contributed by atoms with Crippen LogP contribution in [0, 0.1) is 5.82 Å². The van der Waals surface area contributed by atoms with Crippen molar-refractivity contribution in [3.05, 3.63) is 58.9 Å². The first kappa shape index (κ1) is 14.8. The molecule has 0 heterocycles. The van der Waals surface area contributed by atoms with Crippen LogP contribution in [0.3, 0.4) is 0 Å². The molecule has 0 spiro atoms. The number of carbonyl (C=O) groups is 1. The lowest BCUT2D eigenvalue weighted by atomic mass is 10.1. The Morgan fingerprint density at radius 1 is 1.24 bits per heavy atom. The molecule has 110 valence electrons. The van der Waals surface area contributed by atoms with E-state index in [1.165, 1.54) is 5.56 Å². The van der Waals surface area contributed by atoms with Gasteiger partial charge >= 0.3 is 5.97 Å². The monoisotopic (exact) mass is 288 g/mol. The minimum Gasteiger partial charge on any atom is -0.478 e. The van der Waals surface area contributed by atoms with E-state index in [9.17, 15) is 9.18 Å². The maximum absolute atomic E-state index is 13.6. The van der Waals surface area contributed by atoms with Gasteiger partial charge < -0.3 is 16.2 Å². The number of carboxylic acid groups (broad SMARTS) is 1. The van der Waals surface area contributed by atoms with Crippen LogP contribution in [0.4, 0.5) is 15.8 Å². The molecule has 0 amide bonds. The summed E-state index contributed by atoms with van der Waals surface area (Å²) in [6.07, 6.45) is 0.975. The molecule has 4 nitrogen and oxygen atoms in total. The van der Waals surface area contributed by atoms with Crippen LogP contribution < -0.4 is 11.1 Å². The number of hydrogen-bond donors (Lipinski definition) is 3. The second-order valence-electron chi connectivity index (χ2n) is 4.75. The van der Waals surface area contributed by atoms with Crippen molar-refractivity contribution in [3.8, 4) is 0 Å². The van der Waals surface area contributed by atoms with Crippen molar-refractivity contribution in [3.63, 3.8) is 0 Å². The maximum Gasteiger partial charge on any atom is 0.338 e. The van der Waals surface area contributed by atoms with E-state index >= 15 is 0 Å². The van der Waals surface area contributed by atoms with Crippen LogP contribution in [-0.2, 0) is 13.0 Å². The number of hydrogen-bond acceptors (Lipinski definition) is 3. The number of aryl methyl sites for hydroxylation is 1. The van der Waals surface area contributed by atoms with Crippen LogP contribution in [0.15, 0.2) is 36.4 Å². The Hall–Kier alpha value is -2.56. The lowest BCUT2D eigenvalue weighted by molar-refractivity contribution is 0.0692. The van der Waals surface area contributed by atoms with Crippen molar-refractivity contribution in [1.29, 1.82) is 0 Å². The van der Waals surface area contributed by atoms with Crippen molar-refractivity contribution in [2.45, 2.75) is 19.9 Å². The summed E-state index contributed by atoms with van der Waals surface area (Å²) in [5, 5.41) is 11.8. The minimum atomic E-state index is -1.33. The fourth-order valence-electron chi connectivity index (χ4n) is 2.00. The highest BCUT2D eigenvalue weighted by Crippen LogP contribution is 2.23. The average Bonchev–Trinajstić information content (AvgIpc) is 2.48. The third-order valence-electron chi connectivity index (χ3n) is 3.28. The highest BCUT2D eigenvalue weighted by atomic mass is 19.1. The zero-order valence-electron chi connectivity index (χ0n) is 11.7. The van der Waals surface area contributed by atoms with Gasteiger partial charge in [-0.3, -0.25) is 0 Å². The van der Waals surface area contributed by atoms with E-state index in [4.69, 9.17) is 10.8 Å². The molecule has 21 heavy (non-hydrogen) atoms. The van der Waals surface area contributed by atoms with Crippen LogP contribution in [-0.4, -0.2) is 11.1 Å². The summed E-state index contributed by atoms with van der Waals surface area (Å²) in [4.78, 5) is 10.8. The van der Waals surface area contributed by atoms with Gasteiger partial charge in [0.2, 0.25) is 0 Å². The van der Waals surface area contributed by atoms with Gasteiger partial charge in [-0.05, 0) is 29.7 Å². The van der Waals surface area contributed by atoms with Gasteiger partial charge in [0.25, 0.3) is 0 Å². The van der Waals surface area contributed by atoms with Crippen molar-refractivity contribution >= 4 is 17.3 Å². The topological polar surface area (TPSA) is 75.3 Å². The summed E-state index contributed by atoms with van der Waals surface area (Å²) in [5.41, 5.74) is 8.20. The molecule has 2 rings (SSSR count). The molecule has 0 aliphatic rings. The Labute approximate surface area is 122 Å². The van der Waals surface area contributed by atoms with E-state index in [1.807, 2.05) is 24.3 Å². The summed E-state index contributed by atoms with van der Waals surface area (Å²) in [6.45, 7) is 2.57. The van der Waals surface area contributed by atoms with Crippen LogP contribution in [0.5, 0.6) is 0 Å². The number of benzene rings is 2. The molecule has 0 saturated heterocycles. The number of nitrogens with two attached hydrogens (primary N) is 1. The Kier molecular flexibility index (Phi) is 4.42. The lowest BCUT2D eigenvalue weighted by Gasteiger charge is -2.11. The number of nitrogen functional groups attached to an aromatic ring is 1. The van der Waals surface area contributed by atoms with E-state index in [0.717, 1.165) is 24.1 Å². The van der Waals surface area contributed by atoms with Crippen LogP contribution in [0.1, 0.15) is 28.4 Å². The lowest BCUT2D eigenvalue weighted by Crippen LogP contribution is -2.07. The molecule has 0 atom stereocenters. The van der Waals surface area contributed by atoms with Crippen LogP contribution in [0.2, 0.25) is 0 Å². The van der Waals surface area contributed by atoms with E-state index in [-0.39, 0.29) is 5.69 Å². The number of halogens is 1. The number of nitrogens with one attached hydrogen (secondary N) is 1.